The molecule has 1 saturated carbocycles. The lowest BCUT2D eigenvalue weighted by Gasteiger charge is -2.34. The molecule has 1 aromatic carbocycles. The molecule has 4 rings (SSSR count). The van der Waals surface area contributed by atoms with Gasteiger partial charge in [-0.2, -0.15) is 0 Å². The normalized spacial score (nSPS) is 22.2. The molecule has 0 radical (unpaired) electrons. The van der Waals surface area contributed by atoms with Crippen LogP contribution in [0.2, 0.25) is 0 Å². The number of aromatic amines is 1. The highest BCUT2D eigenvalue weighted by molar-refractivity contribution is 5.97. The number of carbonyl (C=O) groups excluding carboxylic acids is 1. The molecule has 1 aromatic heterocycles. The summed E-state index contributed by atoms with van der Waals surface area (Å²) in [6.07, 6.45) is 8.46. The fraction of sp³-hybridized carbons (Fsp3) is 0.500. The Hall–Kier alpha value is -2.10. The van der Waals surface area contributed by atoms with Gasteiger partial charge in [-0.25, -0.2) is 0 Å². The lowest BCUT2D eigenvalue weighted by molar-refractivity contribution is 0.0660. The van der Waals surface area contributed by atoms with E-state index in [-0.39, 0.29) is 17.0 Å². The SMILES string of the molecule is O=C(c1cc2ccccc2[nH]c1=O)N1CCC[C@H]1C1CCCCC1. The van der Waals surface area contributed by atoms with Crippen molar-refractivity contribution < 1.29 is 4.79 Å². The number of aromatic nitrogens is 1. The van der Waals surface area contributed by atoms with Gasteiger partial charge in [-0.1, -0.05) is 37.5 Å². The molecule has 4 nitrogen and oxygen atoms in total. The van der Waals surface area contributed by atoms with Crippen molar-refractivity contribution in [3.05, 3.63) is 46.2 Å². The van der Waals surface area contributed by atoms with Gasteiger partial charge in [-0.15, -0.1) is 0 Å². The largest absolute Gasteiger partial charge is 0.335 e. The minimum Gasteiger partial charge on any atom is -0.335 e. The topological polar surface area (TPSA) is 53.2 Å². The van der Waals surface area contributed by atoms with Gasteiger partial charge in [0, 0.05) is 18.1 Å². The maximum Gasteiger partial charge on any atom is 0.261 e. The summed E-state index contributed by atoms with van der Waals surface area (Å²) in [6, 6.07) is 9.70. The first-order valence-electron chi connectivity index (χ1n) is 9.17. The number of amides is 1. The van der Waals surface area contributed by atoms with Gasteiger partial charge in [0.05, 0.1) is 0 Å². The minimum atomic E-state index is -0.270. The molecule has 2 aliphatic rings. The number of H-pyrrole nitrogens is 1. The van der Waals surface area contributed by atoms with Crippen LogP contribution in [0.15, 0.2) is 35.1 Å². The molecular formula is C20H24N2O2. The van der Waals surface area contributed by atoms with Crippen LogP contribution in [0.4, 0.5) is 0 Å². The lowest BCUT2D eigenvalue weighted by atomic mass is 9.83. The second kappa shape index (κ2) is 6.42. The van der Waals surface area contributed by atoms with E-state index in [4.69, 9.17) is 0 Å². The van der Waals surface area contributed by atoms with Crippen LogP contribution in [-0.4, -0.2) is 28.4 Å². The van der Waals surface area contributed by atoms with Crippen molar-refractivity contribution in [1.29, 1.82) is 0 Å². The van der Waals surface area contributed by atoms with E-state index in [0.29, 0.717) is 12.0 Å². The van der Waals surface area contributed by atoms with Crippen molar-refractivity contribution in [3.8, 4) is 0 Å². The van der Waals surface area contributed by atoms with Crippen LogP contribution in [0, 0.1) is 5.92 Å². The minimum absolute atomic E-state index is 0.0879. The second-order valence-electron chi connectivity index (χ2n) is 7.21. The summed E-state index contributed by atoms with van der Waals surface area (Å²) in [5, 5.41) is 0.911. The summed E-state index contributed by atoms with van der Waals surface area (Å²) < 4.78 is 0. The summed E-state index contributed by atoms with van der Waals surface area (Å²) >= 11 is 0. The zero-order valence-corrected chi connectivity index (χ0v) is 14.0. The molecule has 0 bridgehead atoms. The monoisotopic (exact) mass is 324 g/mol. The Kier molecular flexibility index (Phi) is 4.13. The fourth-order valence-electron chi connectivity index (χ4n) is 4.51. The van der Waals surface area contributed by atoms with E-state index in [2.05, 4.69) is 4.98 Å². The average molecular weight is 324 g/mol. The van der Waals surface area contributed by atoms with E-state index in [9.17, 15) is 9.59 Å². The third-order valence-electron chi connectivity index (χ3n) is 5.74. The Morgan fingerprint density at radius 1 is 1.04 bits per heavy atom. The van der Waals surface area contributed by atoms with Crippen LogP contribution < -0.4 is 5.56 Å². The van der Waals surface area contributed by atoms with E-state index in [1.165, 1.54) is 32.1 Å². The highest BCUT2D eigenvalue weighted by Gasteiger charge is 2.36. The number of para-hydroxylation sites is 1. The molecule has 4 heteroatoms. The number of nitrogens with zero attached hydrogens (tertiary/aromatic N) is 1. The van der Waals surface area contributed by atoms with Gasteiger partial charge in [-0.3, -0.25) is 9.59 Å². The number of pyridine rings is 1. The van der Waals surface area contributed by atoms with Gasteiger partial charge in [-0.05, 0) is 49.1 Å². The predicted molar refractivity (Wildman–Crippen MR) is 95.2 cm³/mol. The number of nitrogens with one attached hydrogen (secondary N) is 1. The Bertz CT molecular complexity index is 805. The van der Waals surface area contributed by atoms with Crippen LogP contribution in [-0.2, 0) is 0 Å². The number of benzene rings is 1. The summed E-state index contributed by atoms with van der Waals surface area (Å²) in [5.74, 6) is 0.528. The van der Waals surface area contributed by atoms with Crippen molar-refractivity contribution in [2.45, 2.75) is 51.0 Å². The van der Waals surface area contributed by atoms with Crippen molar-refractivity contribution in [3.63, 3.8) is 0 Å². The second-order valence-corrected chi connectivity index (χ2v) is 7.21. The van der Waals surface area contributed by atoms with Crippen LogP contribution in [0.5, 0.6) is 0 Å². The fourth-order valence-corrected chi connectivity index (χ4v) is 4.51. The van der Waals surface area contributed by atoms with Gasteiger partial charge in [0.15, 0.2) is 0 Å². The summed E-state index contributed by atoms with van der Waals surface area (Å²) in [7, 11) is 0. The molecular weight excluding hydrogens is 300 g/mol. The number of carbonyl (C=O) groups is 1. The van der Waals surface area contributed by atoms with Gasteiger partial charge in [0.2, 0.25) is 0 Å². The molecule has 24 heavy (non-hydrogen) atoms. The molecule has 126 valence electrons. The zero-order chi connectivity index (χ0) is 16.5. The number of rotatable bonds is 2. The molecule has 1 aliphatic heterocycles. The highest BCUT2D eigenvalue weighted by Crippen LogP contribution is 2.34. The first-order chi connectivity index (χ1) is 11.7. The van der Waals surface area contributed by atoms with Gasteiger partial charge in [0.1, 0.15) is 5.56 Å². The van der Waals surface area contributed by atoms with Crippen LogP contribution in [0.25, 0.3) is 10.9 Å². The number of fused-ring (bicyclic) bond motifs is 1. The first kappa shape index (κ1) is 15.4. The van der Waals surface area contributed by atoms with Crippen LogP contribution in [0.3, 0.4) is 0 Å². The van der Waals surface area contributed by atoms with Crippen molar-refractivity contribution in [1.82, 2.24) is 9.88 Å². The quantitative estimate of drug-likeness (QED) is 0.915. The van der Waals surface area contributed by atoms with Gasteiger partial charge < -0.3 is 9.88 Å². The van der Waals surface area contributed by atoms with Crippen molar-refractivity contribution in [2.75, 3.05) is 6.54 Å². The standard InChI is InChI=1S/C20H24N2O2/c23-19-16(13-15-9-4-5-10-17(15)21-19)20(24)22-12-6-11-18(22)14-7-2-1-3-8-14/h4-5,9-10,13-14,18H,1-3,6-8,11-12H2,(H,21,23)/t18-/m0/s1. The molecule has 1 amide bonds. The number of hydrogen-bond acceptors (Lipinski definition) is 2. The van der Waals surface area contributed by atoms with Crippen molar-refractivity contribution >= 4 is 16.8 Å². The lowest BCUT2D eigenvalue weighted by Crippen LogP contribution is -2.42. The summed E-state index contributed by atoms with van der Waals surface area (Å²) in [5.41, 5.74) is 0.800. The van der Waals surface area contributed by atoms with E-state index in [1.54, 1.807) is 6.07 Å². The number of likely N-dealkylation sites (tertiary alicyclic amines) is 1. The maximum atomic E-state index is 13.1. The molecule has 1 N–H and O–H groups in total. The zero-order valence-electron chi connectivity index (χ0n) is 14.0. The Morgan fingerprint density at radius 2 is 1.83 bits per heavy atom. The van der Waals surface area contributed by atoms with E-state index < -0.39 is 0 Å². The summed E-state index contributed by atoms with van der Waals surface area (Å²) in [4.78, 5) is 30.3. The van der Waals surface area contributed by atoms with Crippen molar-refractivity contribution in [2.24, 2.45) is 5.92 Å². The predicted octanol–water partition coefficient (Wildman–Crippen LogP) is 3.71. The Labute approximate surface area is 141 Å². The molecule has 2 fully saturated rings. The third kappa shape index (κ3) is 2.74. The molecule has 2 aromatic rings. The molecule has 1 saturated heterocycles. The molecule has 1 atom stereocenters. The highest BCUT2D eigenvalue weighted by atomic mass is 16.2. The molecule has 1 aliphatic carbocycles. The van der Waals surface area contributed by atoms with Gasteiger partial charge in [0.25, 0.3) is 11.5 Å². The molecule has 2 heterocycles. The molecule has 0 unspecified atom stereocenters. The summed E-state index contributed by atoms with van der Waals surface area (Å²) in [6.45, 7) is 0.784. The Morgan fingerprint density at radius 3 is 2.67 bits per heavy atom. The van der Waals surface area contributed by atoms with Gasteiger partial charge >= 0.3 is 0 Å². The Balaban J connectivity index is 1.65. The number of hydrogen-bond donors (Lipinski definition) is 1. The van der Waals surface area contributed by atoms with Crippen LogP contribution in [0.1, 0.15) is 55.3 Å². The first-order valence-corrected chi connectivity index (χ1v) is 9.17. The third-order valence-corrected chi connectivity index (χ3v) is 5.74. The average Bonchev–Trinajstić information content (AvgIpc) is 3.11. The molecule has 0 spiro atoms. The van der Waals surface area contributed by atoms with E-state index in [0.717, 1.165) is 30.3 Å². The van der Waals surface area contributed by atoms with E-state index >= 15 is 0 Å². The smallest absolute Gasteiger partial charge is 0.261 e. The maximum absolute atomic E-state index is 13.1. The van der Waals surface area contributed by atoms with Crippen LogP contribution >= 0.6 is 0 Å². The van der Waals surface area contributed by atoms with E-state index in [1.807, 2.05) is 29.2 Å².